The Morgan fingerprint density at radius 1 is 1.28 bits per heavy atom. The second-order valence-corrected chi connectivity index (χ2v) is 4.90. The van der Waals surface area contributed by atoms with Gasteiger partial charge in [-0.25, -0.2) is 0 Å². The van der Waals surface area contributed by atoms with Crippen LogP contribution in [0.1, 0.15) is 22.3 Å². The number of hydrogen-bond acceptors (Lipinski definition) is 6. The molecule has 0 bridgehead atoms. The van der Waals surface area contributed by atoms with E-state index in [9.17, 15) is 0 Å². The molecule has 0 aliphatic heterocycles. The van der Waals surface area contributed by atoms with Gasteiger partial charge in [-0.2, -0.15) is 0 Å². The molecule has 0 aliphatic rings. The topological polar surface area (TPSA) is 59.9 Å². The molecule has 0 unspecified atom stereocenters. The van der Waals surface area contributed by atoms with Gasteiger partial charge in [0.15, 0.2) is 0 Å². The largest absolute Gasteiger partial charge is 0.496 e. The summed E-state index contributed by atoms with van der Waals surface area (Å²) in [5.74, 6) is 0.942. The van der Waals surface area contributed by atoms with Gasteiger partial charge in [-0.05, 0) is 42.7 Å². The third-order valence-corrected chi connectivity index (χ3v) is 3.59. The van der Waals surface area contributed by atoms with E-state index in [0.29, 0.717) is 6.54 Å². The van der Waals surface area contributed by atoms with Gasteiger partial charge in [0.2, 0.25) is 5.13 Å². The fourth-order valence-electron chi connectivity index (χ4n) is 1.97. The van der Waals surface area contributed by atoms with Crippen LogP contribution in [-0.4, -0.2) is 21.9 Å². The Labute approximate surface area is 110 Å². The second-order valence-electron chi connectivity index (χ2n) is 4.17. The van der Waals surface area contributed by atoms with Gasteiger partial charge in [-0.1, -0.05) is 15.7 Å². The van der Waals surface area contributed by atoms with E-state index < -0.39 is 0 Å². The molecule has 2 rings (SSSR count). The molecule has 0 amide bonds. The number of nitrogens with zero attached hydrogens (tertiary/aromatic N) is 3. The molecule has 6 heteroatoms. The van der Waals surface area contributed by atoms with Gasteiger partial charge in [0.1, 0.15) is 5.75 Å². The van der Waals surface area contributed by atoms with Crippen molar-refractivity contribution in [3.63, 3.8) is 0 Å². The summed E-state index contributed by atoms with van der Waals surface area (Å²) in [7, 11) is 1.71. The fraction of sp³-hybridized carbons (Fsp3) is 0.417. The lowest BCUT2D eigenvalue weighted by molar-refractivity contribution is 0.406. The van der Waals surface area contributed by atoms with Crippen molar-refractivity contribution < 1.29 is 4.74 Å². The number of anilines is 1. The first kappa shape index (κ1) is 12.8. The summed E-state index contributed by atoms with van der Waals surface area (Å²) in [5, 5.41) is 11.3. The molecule has 1 heterocycles. The molecule has 0 radical (unpaired) electrons. The average molecular weight is 264 g/mol. The van der Waals surface area contributed by atoms with Crippen molar-refractivity contribution in [2.75, 3.05) is 12.4 Å². The molecule has 18 heavy (non-hydrogen) atoms. The van der Waals surface area contributed by atoms with Gasteiger partial charge in [-0.3, -0.25) is 0 Å². The summed E-state index contributed by atoms with van der Waals surface area (Å²) in [6.45, 7) is 6.91. The molecule has 0 saturated carbocycles. The lowest BCUT2D eigenvalue weighted by Crippen LogP contribution is -2.06. The minimum absolute atomic E-state index is 0.660. The molecule has 1 aromatic heterocycles. The molecule has 0 fully saturated rings. The maximum atomic E-state index is 5.52. The minimum Gasteiger partial charge on any atom is -0.496 e. The lowest BCUT2D eigenvalue weighted by Gasteiger charge is -2.16. The Balaban J connectivity index is 2.29. The summed E-state index contributed by atoms with van der Waals surface area (Å²) in [6, 6.07) is 2.17. The summed E-state index contributed by atoms with van der Waals surface area (Å²) in [5.41, 5.74) is 4.77. The summed E-state index contributed by atoms with van der Waals surface area (Å²) < 4.78 is 9.24. The van der Waals surface area contributed by atoms with E-state index in [1.807, 2.05) is 0 Å². The minimum atomic E-state index is 0.660. The molecule has 0 spiro atoms. The number of nitrogens with one attached hydrogen (secondary N) is 1. The van der Waals surface area contributed by atoms with E-state index in [-0.39, 0.29) is 0 Å². The van der Waals surface area contributed by atoms with Crippen LogP contribution in [0.15, 0.2) is 6.07 Å². The summed E-state index contributed by atoms with van der Waals surface area (Å²) >= 11 is 1.24. The first-order valence-corrected chi connectivity index (χ1v) is 6.43. The number of benzene rings is 1. The Morgan fingerprint density at radius 3 is 2.67 bits per heavy atom. The predicted molar refractivity (Wildman–Crippen MR) is 72.2 cm³/mol. The van der Waals surface area contributed by atoms with Gasteiger partial charge < -0.3 is 10.1 Å². The molecule has 5 nitrogen and oxygen atoms in total. The fourth-order valence-corrected chi connectivity index (χ4v) is 2.33. The molecular weight excluding hydrogens is 248 g/mol. The molecular formula is C12H16N4OS. The second kappa shape index (κ2) is 5.30. The van der Waals surface area contributed by atoms with Gasteiger partial charge >= 0.3 is 0 Å². The SMILES string of the molecule is COc1c(C)c(C)cc(C)c1CNc1nnns1. The lowest BCUT2D eigenvalue weighted by atomic mass is 9.99. The van der Waals surface area contributed by atoms with Crippen LogP contribution in [0.5, 0.6) is 5.75 Å². The van der Waals surface area contributed by atoms with Crippen molar-refractivity contribution in [2.24, 2.45) is 0 Å². The van der Waals surface area contributed by atoms with E-state index in [0.717, 1.165) is 16.4 Å². The Bertz CT molecular complexity index is 540. The van der Waals surface area contributed by atoms with E-state index in [1.165, 1.54) is 28.2 Å². The maximum absolute atomic E-state index is 5.52. The molecule has 2 aromatic rings. The Morgan fingerprint density at radius 2 is 2.06 bits per heavy atom. The molecule has 1 N–H and O–H groups in total. The highest BCUT2D eigenvalue weighted by Crippen LogP contribution is 2.30. The predicted octanol–water partition coefficient (Wildman–Crippen LogP) is 2.48. The van der Waals surface area contributed by atoms with Gasteiger partial charge in [0.25, 0.3) is 0 Å². The van der Waals surface area contributed by atoms with Crippen LogP contribution < -0.4 is 10.1 Å². The molecule has 96 valence electrons. The molecule has 0 saturated heterocycles. The average Bonchev–Trinajstić information content (AvgIpc) is 2.85. The van der Waals surface area contributed by atoms with Crippen LogP contribution in [0.2, 0.25) is 0 Å². The highest BCUT2D eigenvalue weighted by Gasteiger charge is 2.12. The van der Waals surface area contributed by atoms with E-state index in [1.54, 1.807) is 7.11 Å². The zero-order valence-corrected chi connectivity index (χ0v) is 11.8. The number of hydrogen-bond donors (Lipinski definition) is 1. The van der Waals surface area contributed by atoms with Crippen molar-refractivity contribution in [3.8, 4) is 5.75 Å². The Kier molecular flexibility index (Phi) is 3.76. The van der Waals surface area contributed by atoms with Gasteiger partial charge in [-0.15, -0.1) is 0 Å². The molecule has 0 atom stereocenters. The summed E-state index contributed by atoms with van der Waals surface area (Å²) in [4.78, 5) is 0. The van der Waals surface area contributed by atoms with Crippen LogP contribution in [0.4, 0.5) is 5.13 Å². The smallest absolute Gasteiger partial charge is 0.225 e. The third-order valence-electron chi connectivity index (χ3n) is 3.04. The molecule has 0 aliphatic carbocycles. The van der Waals surface area contributed by atoms with E-state index >= 15 is 0 Å². The zero-order chi connectivity index (χ0) is 13.1. The molecule has 1 aromatic carbocycles. The zero-order valence-electron chi connectivity index (χ0n) is 10.9. The quantitative estimate of drug-likeness (QED) is 0.919. The number of methoxy groups -OCH3 is 1. The first-order chi connectivity index (χ1) is 8.63. The highest BCUT2D eigenvalue weighted by atomic mass is 32.1. The van der Waals surface area contributed by atoms with Crippen molar-refractivity contribution in [2.45, 2.75) is 27.3 Å². The third kappa shape index (κ3) is 2.43. The number of aromatic nitrogens is 3. The standard InChI is InChI=1S/C12H16N4OS/c1-7-5-8(2)10(11(17-4)9(7)3)6-13-12-14-15-16-18-12/h5H,6H2,1-4H3,(H,13,14,16). The Hall–Kier alpha value is -1.69. The van der Waals surface area contributed by atoms with Crippen LogP contribution in [0.25, 0.3) is 0 Å². The summed E-state index contributed by atoms with van der Waals surface area (Å²) in [6.07, 6.45) is 0. The van der Waals surface area contributed by atoms with Crippen LogP contribution in [0.3, 0.4) is 0 Å². The van der Waals surface area contributed by atoms with Crippen LogP contribution >= 0.6 is 11.5 Å². The highest BCUT2D eigenvalue weighted by molar-refractivity contribution is 7.09. The van der Waals surface area contributed by atoms with Crippen molar-refractivity contribution >= 4 is 16.7 Å². The van der Waals surface area contributed by atoms with Crippen LogP contribution in [0, 0.1) is 20.8 Å². The maximum Gasteiger partial charge on any atom is 0.225 e. The normalized spacial score (nSPS) is 10.4. The number of rotatable bonds is 4. The van der Waals surface area contributed by atoms with Crippen molar-refractivity contribution in [1.82, 2.24) is 14.8 Å². The van der Waals surface area contributed by atoms with E-state index in [2.05, 4.69) is 47.0 Å². The number of ether oxygens (including phenoxy) is 1. The van der Waals surface area contributed by atoms with E-state index in [4.69, 9.17) is 4.74 Å². The van der Waals surface area contributed by atoms with Crippen molar-refractivity contribution in [1.29, 1.82) is 0 Å². The van der Waals surface area contributed by atoms with Gasteiger partial charge in [0.05, 0.1) is 7.11 Å². The van der Waals surface area contributed by atoms with Crippen LogP contribution in [-0.2, 0) is 6.54 Å². The first-order valence-electron chi connectivity index (χ1n) is 5.66. The van der Waals surface area contributed by atoms with Gasteiger partial charge in [0, 0.05) is 23.6 Å². The van der Waals surface area contributed by atoms with Crippen molar-refractivity contribution in [3.05, 3.63) is 28.3 Å². The monoisotopic (exact) mass is 264 g/mol. The number of aryl methyl sites for hydroxylation is 2.